The van der Waals surface area contributed by atoms with Crippen molar-refractivity contribution in [2.75, 3.05) is 13.1 Å². The highest BCUT2D eigenvalue weighted by Gasteiger charge is 2.17. The van der Waals surface area contributed by atoms with Crippen molar-refractivity contribution in [2.24, 2.45) is 0 Å². The van der Waals surface area contributed by atoms with Gasteiger partial charge in [-0.25, -0.2) is 13.2 Å². The predicted octanol–water partition coefficient (Wildman–Crippen LogP) is 2.51. The van der Waals surface area contributed by atoms with Crippen LogP contribution in [-0.4, -0.2) is 23.9 Å². The number of amides is 1. The van der Waals surface area contributed by atoms with Gasteiger partial charge in [0.25, 0.3) is 0 Å². The van der Waals surface area contributed by atoms with Crippen molar-refractivity contribution in [2.45, 2.75) is 20.3 Å². The molecule has 94 valence electrons. The molecule has 17 heavy (non-hydrogen) atoms. The molecular weight excluding hydrogens is 231 g/mol. The van der Waals surface area contributed by atoms with Gasteiger partial charge in [0.2, 0.25) is 5.91 Å². The van der Waals surface area contributed by atoms with E-state index in [9.17, 15) is 18.0 Å². The number of hydrogen-bond acceptors (Lipinski definition) is 1. The molecule has 0 atom stereocenters. The van der Waals surface area contributed by atoms with Gasteiger partial charge in [-0.05, 0) is 19.9 Å². The van der Waals surface area contributed by atoms with Crippen molar-refractivity contribution < 1.29 is 18.0 Å². The first-order chi connectivity index (χ1) is 8.01. The molecule has 0 N–H and O–H groups in total. The molecule has 0 spiro atoms. The second-order valence-corrected chi connectivity index (χ2v) is 3.58. The average Bonchev–Trinajstić information content (AvgIpc) is 2.31. The van der Waals surface area contributed by atoms with Crippen LogP contribution in [0.3, 0.4) is 0 Å². The molecular formula is C12H14F3NO. The number of rotatable bonds is 4. The Morgan fingerprint density at radius 1 is 1.12 bits per heavy atom. The van der Waals surface area contributed by atoms with Crippen LogP contribution >= 0.6 is 0 Å². The maximum Gasteiger partial charge on any atom is 0.227 e. The van der Waals surface area contributed by atoms with Gasteiger partial charge in [-0.2, -0.15) is 0 Å². The van der Waals surface area contributed by atoms with Crippen molar-refractivity contribution in [3.8, 4) is 0 Å². The van der Waals surface area contributed by atoms with Gasteiger partial charge in [-0.15, -0.1) is 0 Å². The summed E-state index contributed by atoms with van der Waals surface area (Å²) in [5.74, 6) is -4.37. The third-order valence-electron chi connectivity index (χ3n) is 2.57. The number of likely N-dealkylation sites (N-methyl/N-ethyl adjacent to an activating group) is 1. The number of benzene rings is 1. The molecule has 1 amide bonds. The number of nitrogens with zero attached hydrogens (tertiary/aromatic N) is 1. The minimum absolute atomic E-state index is 0.124. The van der Waals surface area contributed by atoms with Crippen LogP contribution in [0.5, 0.6) is 0 Å². The standard InChI is InChI=1S/C12H14F3NO/c1-3-16(4-2)10(17)7-8-5-6-9(13)12(15)11(8)14/h5-6H,3-4,7H2,1-2H3. The fourth-order valence-corrected chi connectivity index (χ4v) is 1.55. The van der Waals surface area contributed by atoms with Crippen LogP contribution in [0.2, 0.25) is 0 Å². The molecule has 0 unspecified atom stereocenters. The molecule has 0 radical (unpaired) electrons. The predicted molar refractivity (Wildman–Crippen MR) is 57.9 cm³/mol. The molecule has 0 saturated carbocycles. The Labute approximate surface area is 98.0 Å². The summed E-state index contributed by atoms with van der Waals surface area (Å²) in [6, 6.07) is 1.92. The zero-order valence-electron chi connectivity index (χ0n) is 9.77. The summed E-state index contributed by atoms with van der Waals surface area (Å²) in [5, 5.41) is 0. The minimum Gasteiger partial charge on any atom is -0.343 e. The second kappa shape index (κ2) is 5.70. The van der Waals surface area contributed by atoms with E-state index in [2.05, 4.69) is 0 Å². The molecule has 1 rings (SSSR count). The molecule has 0 saturated heterocycles. The van der Waals surface area contributed by atoms with Crippen LogP contribution in [-0.2, 0) is 11.2 Å². The van der Waals surface area contributed by atoms with Crippen molar-refractivity contribution in [1.82, 2.24) is 4.90 Å². The van der Waals surface area contributed by atoms with Crippen molar-refractivity contribution >= 4 is 5.91 Å². The molecule has 0 aliphatic rings. The molecule has 1 aromatic rings. The first-order valence-corrected chi connectivity index (χ1v) is 5.41. The molecule has 0 fully saturated rings. The van der Waals surface area contributed by atoms with E-state index in [0.29, 0.717) is 13.1 Å². The van der Waals surface area contributed by atoms with E-state index in [4.69, 9.17) is 0 Å². The van der Waals surface area contributed by atoms with Gasteiger partial charge < -0.3 is 4.90 Å². The lowest BCUT2D eigenvalue weighted by atomic mass is 10.1. The van der Waals surface area contributed by atoms with E-state index < -0.39 is 17.5 Å². The van der Waals surface area contributed by atoms with Crippen LogP contribution in [0.15, 0.2) is 12.1 Å². The lowest BCUT2D eigenvalue weighted by Crippen LogP contribution is -2.32. The van der Waals surface area contributed by atoms with Crippen molar-refractivity contribution in [1.29, 1.82) is 0 Å². The summed E-state index contributed by atoms with van der Waals surface area (Å²) < 4.78 is 38.9. The SMILES string of the molecule is CCN(CC)C(=O)Cc1ccc(F)c(F)c1F. The third kappa shape index (κ3) is 2.99. The highest BCUT2D eigenvalue weighted by molar-refractivity contribution is 5.78. The van der Waals surface area contributed by atoms with Crippen LogP contribution in [0, 0.1) is 17.5 Å². The monoisotopic (exact) mass is 245 g/mol. The topological polar surface area (TPSA) is 20.3 Å². The minimum atomic E-state index is -1.53. The fourth-order valence-electron chi connectivity index (χ4n) is 1.55. The maximum atomic E-state index is 13.3. The van der Waals surface area contributed by atoms with Crippen LogP contribution in [0.4, 0.5) is 13.2 Å². The maximum absolute atomic E-state index is 13.3. The van der Waals surface area contributed by atoms with Gasteiger partial charge in [-0.3, -0.25) is 4.79 Å². The van der Waals surface area contributed by atoms with Gasteiger partial charge >= 0.3 is 0 Å². The Hall–Kier alpha value is -1.52. The van der Waals surface area contributed by atoms with Crippen LogP contribution in [0.25, 0.3) is 0 Å². The summed E-state index contributed by atoms with van der Waals surface area (Å²) >= 11 is 0. The first kappa shape index (κ1) is 13.5. The Balaban J connectivity index is 2.89. The molecule has 5 heteroatoms. The summed E-state index contributed by atoms with van der Waals surface area (Å²) in [6.07, 6.45) is -0.259. The molecule has 1 aromatic carbocycles. The highest BCUT2D eigenvalue weighted by atomic mass is 19.2. The van der Waals surface area contributed by atoms with E-state index in [1.54, 1.807) is 13.8 Å². The van der Waals surface area contributed by atoms with Crippen molar-refractivity contribution in [3.05, 3.63) is 35.1 Å². The highest BCUT2D eigenvalue weighted by Crippen LogP contribution is 2.16. The Morgan fingerprint density at radius 2 is 1.71 bits per heavy atom. The van der Waals surface area contributed by atoms with Gasteiger partial charge in [0, 0.05) is 18.7 Å². The fraction of sp³-hybridized carbons (Fsp3) is 0.417. The lowest BCUT2D eigenvalue weighted by Gasteiger charge is -2.18. The van der Waals surface area contributed by atoms with Crippen LogP contribution in [0.1, 0.15) is 19.4 Å². The van der Waals surface area contributed by atoms with Crippen LogP contribution < -0.4 is 0 Å². The van der Waals surface area contributed by atoms with Gasteiger partial charge in [0.05, 0.1) is 6.42 Å². The number of carbonyl (C=O) groups is 1. The summed E-state index contributed by atoms with van der Waals surface area (Å²) in [6.45, 7) is 4.59. The second-order valence-electron chi connectivity index (χ2n) is 3.58. The number of hydrogen-bond donors (Lipinski definition) is 0. The molecule has 0 heterocycles. The quantitative estimate of drug-likeness (QED) is 0.746. The molecule has 0 aliphatic carbocycles. The van der Waals surface area contributed by atoms with E-state index in [1.807, 2.05) is 0 Å². The largest absolute Gasteiger partial charge is 0.343 e. The van der Waals surface area contributed by atoms with E-state index in [0.717, 1.165) is 12.1 Å². The Kier molecular flexibility index (Phi) is 4.54. The zero-order chi connectivity index (χ0) is 13.0. The summed E-state index contributed by atoms with van der Waals surface area (Å²) in [5.41, 5.74) is -0.124. The molecule has 0 aliphatic heterocycles. The first-order valence-electron chi connectivity index (χ1n) is 5.41. The number of carbonyl (C=O) groups excluding carboxylic acids is 1. The summed E-state index contributed by atoms with van der Waals surface area (Å²) in [4.78, 5) is 13.2. The smallest absolute Gasteiger partial charge is 0.227 e. The zero-order valence-corrected chi connectivity index (χ0v) is 9.77. The van der Waals surface area contributed by atoms with E-state index >= 15 is 0 Å². The van der Waals surface area contributed by atoms with Gasteiger partial charge in [0.1, 0.15) is 0 Å². The van der Waals surface area contributed by atoms with Gasteiger partial charge in [-0.1, -0.05) is 6.07 Å². The average molecular weight is 245 g/mol. The third-order valence-corrected chi connectivity index (χ3v) is 2.57. The van der Waals surface area contributed by atoms with Gasteiger partial charge in [0.15, 0.2) is 17.5 Å². The van der Waals surface area contributed by atoms with E-state index in [1.165, 1.54) is 4.90 Å². The Bertz CT molecular complexity index is 416. The van der Waals surface area contributed by atoms with Crippen molar-refractivity contribution in [3.63, 3.8) is 0 Å². The molecule has 0 bridgehead atoms. The Morgan fingerprint density at radius 3 is 2.24 bits per heavy atom. The molecule has 2 nitrogen and oxygen atoms in total. The van der Waals surface area contributed by atoms with E-state index in [-0.39, 0.29) is 17.9 Å². The summed E-state index contributed by atoms with van der Waals surface area (Å²) in [7, 11) is 0. The molecule has 0 aromatic heterocycles. The lowest BCUT2D eigenvalue weighted by molar-refractivity contribution is -0.130. The number of halogens is 3. The normalized spacial score (nSPS) is 10.4.